The van der Waals surface area contributed by atoms with Gasteiger partial charge in [0.05, 0.1) is 5.41 Å². The first-order valence-corrected chi connectivity index (χ1v) is 11.3. The third-order valence-electron chi connectivity index (χ3n) is 6.29. The van der Waals surface area contributed by atoms with E-state index < -0.39 is 5.41 Å². The number of benzene rings is 2. The highest BCUT2D eigenvalue weighted by Crippen LogP contribution is 2.47. The van der Waals surface area contributed by atoms with Crippen LogP contribution in [0, 0.1) is 5.41 Å². The minimum absolute atomic E-state index is 0.0535. The van der Waals surface area contributed by atoms with Gasteiger partial charge in [0.2, 0.25) is 0 Å². The van der Waals surface area contributed by atoms with Crippen LogP contribution in [0.1, 0.15) is 68.1 Å². The largest absolute Gasteiger partial charge is 0.409 e. The predicted octanol–water partition coefficient (Wildman–Crippen LogP) is 5.45. The summed E-state index contributed by atoms with van der Waals surface area (Å²) in [5.74, 6) is 0.113. The smallest absolute Gasteiger partial charge is 0.152 e. The molecule has 1 fully saturated rings. The number of amidine groups is 1. The summed E-state index contributed by atoms with van der Waals surface area (Å²) in [6.45, 7) is 0. The molecule has 4 heteroatoms. The van der Waals surface area contributed by atoms with Crippen molar-refractivity contribution in [3.05, 3.63) is 71.3 Å². The van der Waals surface area contributed by atoms with E-state index in [-0.39, 0.29) is 11.6 Å². The van der Waals surface area contributed by atoms with E-state index in [4.69, 9.17) is 10.9 Å². The molecule has 0 aliphatic heterocycles. The van der Waals surface area contributed by atoms with Crippen LogP contribution in [-0.2, 0) is 24.1 Å². The number of aryl methyl sites for hydroxylation is 2. The summed E-state index contributed by atoms with van der Waals surface area (Å²) in [6, 6.07) is 19.1. The first kappa shape index (κ1) is 22.1. The molecule has 1 saturated carbocycles. The van der Waals surface area contributed by atoms with Gasteiger partial charge in [-0.3, -0.25) is 4.79 Å². The first-order chi connectivity index (χ1) is 14.6. The summed E-state index contributed by atoms with van der Waals surface area (Å²) in [5.41, 5.74) is 8.76. The van der Waals surface area contributed by atoms with Gasteiger partial charge in [-0.1, -0.05) is 85.4 Å². The van der Waals surface area contributed by atoms with Gasteiger partial charge in [0, 0.05) is 6.42 Å². The van der Waals surface area contributed by atoms with Gasteiger partial charge in [-0.2, -0.15) is 0 Å². The van der Waals surface area contributed by atoms with Crippen LogP contribution in [0.15, 0.2) is 59.8 Å². The van der Waals surface area contributed by atoms with Gasteiger partial charge in [0.15, 0.2) is 11.6 Å². The molecule has 160 valence electrons. The molecule has 3 N–H and O–H groups in total. The van der Waals surface area contributed by atoms with E-state index in [1.807, 2.05) is 12.1 Å². The molecule has 3 rings (SSSR count). The Morgan fingerprint density at radius 3 is 1.83 bits per heavy atom. The fourth-order valence-corrected chi connectivity index (χ4v) is 4.09. The van der Waals surface area contributed by atoms with Crippen molar-refractivity contribution < 1.29 is 10.0 Å². The van der Waals surface area contributed by atoms with Gasteiger partial charge in [0.25, 0.3) is 0 Å². The molecule has 0 heterocycles. The van der Waals surface area contributed by atoms with E-state index in [1.165, 1.54) is 56.1 Å². The number of hydrogen-bond acceptors (Lipinski definition) is 3. The second-order valence-electron chi connectivity index (χ2n) is 8.59. The Labute approximate surface area is 180 Å². The number of ketones is 1. The van der Waals surface area contributed by atoms with Gasteiger partial charge >= 0.3 is 0 Å². The molecule has 2 aromatic rings. The van der Waals surface area contributed by atoms with Crippen LogP contribution < -0.4 is 5.73 Å². The Balaban J connectivity index is 1.28. The number of carbonyl (C=O) groups excluding carboxylic acids is 1. The van der Waals surface area contributed by atoms with Crippen molar-refractivity contribution in [3.63, 3.8) is 0 Å². The number of oxime groups is 1. The Morgan fingerprint density at radius 2 is 1.30 bits per heavy atom. The lowest BCUT2D eigenvalue weighted by Crippen LogP contribution is -2.33. The molecule has 1 aliphatic rings. The Morgan fingerprint density at radius 1 is 0.800 bits per heavy atom. The van der Waals surface area contributed by atoms with E-state index >= 15 is 0 Å². The Bertz CT molecular complexity index is 824. The van der Waals surface area contributed by atoms with Crippen LogP contribution in [-0.4, -0.2) is 16.8 Å². The summed E-state index contributed by atoms with van der Waals surface area (Å²) in [4.78, 5) is 12.5. The molecule has 4 nitrogen and oxygen atoms in total. The van der Waals surface area contributed by atoms with Crippen molar-refractivity contribution in [1.29, 1.82) is 0 Å². The van der Waals surface area contributed by atoms with Crippen LogP contribution in [0.2, 0.25) is 0 Å². The maximum atomic E-state index is 12.5. The number of hydrogen-bond donors (Lipinski definition) is 2. The molecule has 0 saturated heterocycles. The van der Waals surface area contributed by atoms with Crippen molar-refractivity contribution in [1.82, 2.24) is 0 Å². The van der Waals surface area contributed by atoms with Crippen molar-refractivity contribution in [2.24, 2.45) is 16.3 Å². The minimum atomic E-state index is -0.714. The van der Waals surface area contributed by atoms with Gasteiger partial charge in [-0.05, 0) is 55.2 Å². The summed E-state index contributed by atoms with van der Waals surface area (Å²) in [7, 11) is 0. The number of carbonyl (C=O) groups is 1. The summed E-state index contributed by atoms with van der Waals surface area (Å²) in [5, 5.41) is 11.9. The SMILES string of the molecule is N/C(=N\O)C1(C(=O)Cc2ccc(CCCCCCCCc3ccccc3)cc2)CC1. The second kappa shape index (κ2) is 11.0. The molecule has 30 heavy (non-hydrogen) atoms. The average molecular weight is 407 g/mol. The van der Waals surface area contributed by atoms with E-state index in [9.17, 15) is 4.79 Å². The maximum Gasteiger partial charge on any atom is 0.152 e. The maximum absolute atomic E-state index is 12.5. The predicted molar refractivity (Wildman–Crippen MR) is 122 cm³/mol. The zero-order valence-corrected chi connectivity index (χ0v) is 17.9. The third-order valence-corrected chi connectivity index (χ3v) is 6.29. The fraction of sp³-hybridized carbons (Fsp3) is 0.462. The third kappa shape index (κ3) is 6.19. The van der Waals surface area contributed by atoms with E-state index in [0.29, 0.717) is 19.3 Å². The number of rotatable bonds is 13. The highest BCUT2D eigenvalue weighted by molar-refractivity contribution is 6.10. The van der Waals surface area contributed by atoms with Gasteiger partial charge < -0.3 is 10.9 Å². The summed E-state index contributed by atoms with van der Waals surface area (Å²) < 4.78 is 0. The lowest BCUT2D eigenvalue weighted by molar-refractivity contribution is -0.121. The number of nitrogens with two attached hydrogens (primary N) is 1. The molecule has 0 spiro atoms. The second-order valence-corrected chi connectivity index (χ2v) is 8.59. The van der Waals surface area contributed by atoms with Crippen LogP contribution >= 0.6 is 0 Å². The molecule has 0 amide bonds. The highest BCUT2D eigenvalue weighted by Gasteiger charge is 2.53. The van der Waals surface area contributed by atoms with Gasteiger partial charge in [0.1, 0.15) is 0 Å². The van der Waals surface area contributed by atoms with Crippen LogP contribution in [0.4, 0.5) is 0 Å². The molecule has 1 aliphatic carbocycles. The normalized spacial score (nSPS) is 15.1. The number of nitrogens with zero attached hydrogens (tertiary/aromatic N) is 1. The first-order valence-electron chi connectivity index (χ1n) is 11.3. The van der Waals surface area contributed by atoms with Crippen LogP contribution in [0.3, 0.4) is 0 Å². The van der Waals surface area contributed by atoms with E-state index in [1.54, 1.807) is 0 Å². The monoisotopic (exact) mass is 406 g/mol. The number of unbranched alkanes of at least 4 members (excludes halogenated alkanes) is 5. The Hall–Kier alpha value is -2.62. The van der Waals surface area contributed by atoms with E-state index in [2.05, 4.69) is 47.6 Å². The fourth-order valence-electron chi connectivity index (χ4n) is 4.09. The van der Waals surface area contributed by atoms with Crippen LogP contribution in [0.25, 0.3) is 0 Å². The molecular weight excluding hydrogens is 372 g/mol. The molecule has 0 radical (unpaired) electrons. The van der Waals surface area contributed by atoms with Crippen molar-refractivity contribution >= 4 is 11.6 Å². The van der Waals surface area contributed by atoms with Gasteiger partial charge in [-0.15, -0.1) is 0 Å². The van der Waals surface area contributed by atoms with Crippen molar-refractivity contribution in [2.75, 3.05) is 0 Å². The molecule has 2 aromatic carbocycles. The number of Topliss-reactive ketones (excluding diaryl/α,β-unsaturated/α-hetero) is 1. The van der Waals surface area contributed by atoms with Gasteiger partial charge in [-0.25, -0.2) is 0 Å². The van der Waals surface area contributed by atoms with Crippen molar-refractivity contribution in [3.8, 4) is 0 Å². The lowest BCUT2D eigenvalue weighted by Gasteiger charge is -2.12. The summed E-state index contributed by atoms with van der Waals surface area (Å²) in [6.07, 6.45) is 11.7. The highest BCUT2D eigenvalue weighted by atomic mass is 16.4. The zero-order chi connectivity index (χ0) is 21.2. The lowest BCUT2D eigenvalue weighted by atomic mass is 9.93. The minimum Gasteiger partial charge on any atom is -0.409 e. The molecule has 0 atom stereocenters. The van der Waals surface area contributed by atoms with E-state index in [0.717, 1.165) is 12.0 Å². The molecule has 0 aromatic heterocycles. The standard InChI is InChI=1S/C26H34N2O2/c27-25(28-30)26(18-19-26)24(29)20-23-16-14-22(15-17-23)13-7-4-2-1-3-6-10-21-11-8-5-9-12-21/h5,8-9,11-12,14-17,30H,1-4,6-7,10,13,18-20H2,(H2,27,28). The zero-order valence-electron chi connectivity index (χ0n) is 17.9. The molecule has 0 bridgehead atoms. The topological polar surface area (TPSA) is 75.7 Å². The molecule has 0 unspecified atom stereocenters. The average Bonchev–Trinajstić information content (AvgIpc) is 3.59. The molecular formula is C26H34N2O2. The summed E-state index contributed by atoms with van der Waals surface area (Å²) >= 11 is 0. The van der Waals surface area contributed by atoms with Crippen molar-refractivity contribution in [2.45, 2.75) is 70.6 Å². The Kier molecular flexibility index (Phi) is 8.06. The quantitative estimate of drug-likeness (QED) is 0.153. The van der Waals surface area contributed by atoms with Crippen LogP contribution in [0.5, 0.6) is 0 Å².